The quantitative estimate of drug-likeness (QED) is 0.419. The fourth-order valence-electron chi connectivity index (χ4n) is 4.60. The normalized spacial score (nSPS) is 31.6. The molecule has 0 unspecified atom stereocenters. The maximum atomic E-state index is 11.4. The molecule has 0 aromatic heterocycles. The second-order valence-electron chi connectivity index (χ2n) is 7.61. The van der Waals surface area contributed by atoms with Gasteiger partial charge in [0.05, 0.1) is 6.61 Å². The van der Waals surface area contributed by atoms with Crippen LogP contribution in [-0.2, 0) is 9.47 Å². The van der Waals surface area contributed by atoms with Crippen LogP contribution in [0, 0.1) is 17.8 Å². The van der Waals surface area contributed by atoms with E-state index in [9.17, 15) is 4.79 Å². The van der Waals surface area contributed by atoms with Gasteiger partial charge in [-0.3, -0.25) is 0 Å². The molecule has 0 bridgehead atoms. The summed E-state index contributed by atoms with van der Waals surface area (Å²) in [5.74, 6) is 2.80. The van der Waals surface area contributed by atoms with Crippen LogP contribution in [0.25, 0.3) is 0 Å². The molecule has 0 atom stereocenters. The van der Waals surface area contributed by atoms with Crippen molar-refractivity contribution < 1.29 is 14.3 Å². The maximum Gasteiger partial charge on any atom is 0.508 e. The zero-order chi connectivity index (χ0) is 16.5. The number of unbranched alkanes of at least 4 members (excludes halogenated alkanes) is 2. The van der Waals surface area contributed by atoms with Crippen molar-refractivity contribution in [2.75, 3.05) is 6.61 Å². The van der Waals surface area contributed by atoms with Gasteiger partial charge in [-0.05, 0) is 63.2 Å². The van der Waals surface area contributed by atoms with Crippen LogP contribution in [0.2, 0.25) is 0 Å². The summed E-state index contributed by atoms with van der Waals surface area (Å²) >= 11 is 0. The van der Waals surface area contributed by atoms with Crippen LogP contribution in [0.4, 0.5) is 4.79 Å². The van der Waals surface area contributed by atoms with E-state index in [2.05, 4.69) is 6.92 Å². The van der Waals surface area contributed by atoms with Crippen LogP contribution in [0.5, 0.6) is 0 Å². The van der Waals surface area contributed by atoms with Crippen molar-refractivity contribution in [3.05, 3.63) is 0 Å². The van der Waals surface area contributed by atoms with Crippen molar-refractivity contribution in [2.24, 2.45) is 17.8 Å². The van der Waals surface area contributed by atoms with Crippen molar-refractivity contribution in [3.63, 3.8) is 0 Å². The minimum Gasteiger partial charge on any atom is -0.435 e. The minimum atomic E-state index is -0.483. The molecule has 0 aliphatic heterocycles. The van der Waals surface area contributed by atoms with Crippen molar-refractivity contribution in [2.45, 2.75) is 97.0 Å². The van der Waals surface area contributed by atoms with Crippen molar-refractivity contribution in [1.29, 1.82) is 0 Å². The van der Waals surface area contributed by atoms with Gasteiger partial charge < -0.3 is 9.47 Å². The van der Waals surface area contributed by atoms with E-state index in [-0.39, 0.29) is 6.10 Å². The highest BCUT2D eigenvalue weighted by Crippen LogP contribution is 2.41. The molecule has 0 aromatic rings. The Bertz CT molecular complexity index is 326. The van der Waals surface area contributed by atoms with E-state index >= 15 is 0 Å². The van der Waals surface area contributed by atoms with Crippen LogP contribution in [0.15, 0.2) is 0 Å². The molecular weight excluding hydrogens is 288 g/mol. The predicted molar refractivity (Wildman–Crippen MR) is 93.4 cm³/mol. The molecule has 0 amide bonds. The van der Waals surface area contributed by atoms with Crippen LogP contribution in [-0.4, -0.2) is 18.9 Å². The van der Waals surface area contributed by atoms with E-state index in [4.69, 9.17) is 9.47 Å². The Morgan fingerprint density at radius 1 is 0.870 bits per heavy atom. The van der Waals surface area contributed by atoms with Crippen LogP contribution in [0.1, 0.15) is 90.9 Å². The second kappa shape index (κ2) is 10.2. The van der Waals surface area contributed by atoms with Crippen molar-refractivity contribution in [3.8, 4) is 0 Å². The number of hydrogen-bond donors (Lipinski definition) is 0. The molecule has 2 rings (SSSR count). The number of carbonyl (C=O) groups is 1. The highest BCUT2D eigenvalue weighted by molar-refractivity contribution is 5.60. The van der Waals surface area contributed by atoms with Crippen LogP contribution >= 0.6 is 0 Å². The molecule has 3 nitrogen and oxygen atoms in total. The number of ether oxygens (including phenoxy) is 2. The molecule has 0 aromatic carbocycles. The lowest BCUT2D eigenvalue weighted by Gasteiger charge is -2.37. The minimum absolute atomic E-state index is 0.0932. The lowest BCUT2D eigenvalue weighted by Crippen LogP contribution is -2.30. The first-order chi connectivity index (χ1) is 11.2. The van der Waals surface area contributed by atoms with Gasteiger partial charge in [-0.15, -0.1) is 0 Å². The zero-order valence-electron chi connectivity index (χ0n) is 15.2. The molecule has 2 aliphatic carbocycles. The molecule has 23 heavy (non-hydrogen) atoms. The van der Waals surface area contributed by atoms with E-state index in [0.717, 1.165) is 30.6 Å². The fraction of sp³-hybridized carbons (Fsp3) is 0.950. The van der Waals surface area contributed by atoms with E-state index in [0.29, 0.717) is 6.61 Å². The van der Waals surface area contributed by atoms with Crippen molar-refractivity contribution >= 4 is 6.16 Å². The molecule has 0 saturated heterocycles. The van der Waals surface area contributed by atoms with Crippen LogP contribution in [0.3, 0.4) is 0 Å². The molecule has 0 radical (unpaired) electrons. The van der Waals surface area contributed by atoms with Gasteiger partial charge in [0.1, 0.15) is 6.10 Å². The number of rotatable bonds is 7. The topological polar surface area (TPSA) is 35.5 Å². The largest absolute Gasteiger partial charge is 0.508 e. The Kier molecular flexibility index (Phi) is 8.25. The third-order valence-corrected chi connectivity index (χ3v) is 6.02. The SMILES string of the molecule is CCCCCC1CCC(C2CCC(OC(=O)OCC)CC2)CC1. The molecule has 0 spiro atoms. The monoisotopic (exact) mass is 324 g/mol. The summed E-state index contributed by atoms with van der Waals surface area (Å²) in [5.41, 5.74) is 0. The summed E-state index contributed by atoms with van der Waals surface area (Å²) in [6.45, 7) is 4.51. The van der Waals surface area contributed by atoms with Gasteiger partial charge in [-0.25, -0.2) is 4.79 Å². The Balaban J connectivity index is 1.62. The average Bonchev–Trinajstić information content (AvgIpc) is 2.57. The molecule has 0 N–H and O–H groups in total. The Morgan fingerprint density at radius 3 is 2.04 bits per heavy atom. The first-order valence-electron chi connectivity index (χ1n) is 10.1. The smallest absolute Gasteiger partial charge is 0.435 e. The maximum absolute atomic E-state index is 11.4. The highest BCUT2D eigenvalue weighted by atomic mass is 16.7. The predicted octanol–water partition coefficient (Wildman–Crippen LogP) is 6.11. The van der Waals surface area contributed by atoms with E-state index in [1.807, 2.05) is 6.92 Å². The van der Waals surface area contributed by atoms with E-state index < -0.39 is 6.16 Å². The highest BCUT2D eigenvalue weighted by Gasteiger charge is 2.31. The molecule has 134 valence electrons. The van der Waals surface area contributed by atoms with Gasteiger partial charge in [-0.2, -0.15) is 0 Å². The summed E-state index contributed by atoms with van der Waals surface area (Å²) in [6.07, 6.45) is 15.5. The van der Waals surface area contributed by atoms with Gasteiger partial charge in [0.2, 0.25) is 0 Å². The third kappa shape index (κ3) is 6.35. The molecule has 2 fully saturated rings. The van der Waals surface area contributed by atoms with Gasteiger partial charge in [-0.1, -0.05) is 45.4 Å². The summed E-state index contributed by atoms with van der Waals surface area (Å²) in [6, 6.07) is 0. The van der Waals surface area contributed by atoms with Crippen LogP contribution < -0.4 is 0 Å². The Labute approximate surface area is 142 Å². The number of hydrogen-bond acceptors (Lipinski definition) is 3. The Hall–Kier alpha value is -0.730. The van der Waals surface area contributed by atoms with Gasteiger partial charge >= 0.3 is 6.16 Å². The van der Waals surface area contributed by atoms with Gasteiger partial charge in [0, 0.05) is 0 Å². The molecule has 3 heteroatoms. The summed E-state index contributed by atoms with van der Waals surface area (Å²) < 4.78 is 10.3. The molecule has 0 heterocycles. The van der Waals surface area contributed by atoms with Crippen molar-refractivity contribution in [1.82, 2.24) is 0 Å². The summed E-state index contributed by atoms with van der Waals surface area (Å²) in [7, 11) is 0. The standard InChI is InChI=1S/C20H36O3/c1-3-5-6-7-16-8-10-17(11-9-16)18-12-14-19(15-13-18)23-20(21)22-4-2/h16-19H,3-15H2,1-2H3. The molecule has 2 aliphatic rings. The average molecular weight is 325 g/mol. The van der Waals surface area contributed by atoms with E-state index in [1.165, 1.54) is 64.2 Å². The first-order valence-corrected chi connectivity index (χ1v) is 10.1. The van der Waals surface area contributed by atoms with E-state index in [1.54, 1.807) is 0 Å². The second-order valence-corrected chi connectivity index (χ2v) is 7.61. The first kappa shape index (κ1) is 18.6. The Morgan fingerprint density at radius 2 is 1.48 bits per heavy atom. The van der Waals surface area contributed by atoms with Gasteiger partial charge in [0.25, 0.3) is 0 Å². The fourth-order valence-corrected chi connectivity index (χ4v) is 4.60. The summed E-state index contributed by atoms with van der Waals surface area (Å²) in [4.78, 5) is 11.4. The zero-order valence-corrected chi connectivity index (χ0v) is 15.2. The third-order valence-electron chi connectivity index (χ3n) is 6.02. The lowest BCUT2D eigenvalue weighted by molar-refractivity contribution is 0.00160. The lowest BCUT2D eigenvalue weighted by atomic mass is 9.70. The number of carbonyl (C=O) groups excluding carboxylic acids is 1. The van der Waals surface area contributed by atoms with Gasteiger partial charge in [0.15, 0.2) is 0 Å². The molecular formula is C20H36O3. The molecule has 2 saturated carbocycles. The summed E-state index contributed by atoms with van der Waals surface area (Å²) in [5, 5.41) is 0.